The molecular weight excluding hydrogens is 204 g/mol. The third kappa shape index (κ3) is 3.71. The van der Waals surface area contributed by atoms with Crippen LogP contribution >= 0.6 is 12.4 Å². The molecular formula is C9H21ClN2O2. The molecule has 0 aromatic carbocycles. The van der Waals surface area contributed by atoms with Crippen molar-refractivity contribution in [3.8, 4) is 0 Å². The molecule has 0 aromatic rings. The van der Waals surface area contributed by atoms with Gasteiger partial charge >= 0.3 is 0 Å². The first-order chi connectivity index (χ1) is 6.29. The van der Waals surface area contributed by atoms with Crippen molar-refractivity contribution in [2.75, 3.05) is 47.6 Å². The van der Waals surface area contributed by atoms with E-state index < -0.39 is 0 Å². The van der Waals surface area contributed by atoms with E-state index in [2.05, 4.69) is 17.3 Å². The maximum absolute atomic E-state index is 5.16. The molecule has 0 radical (unpaired) electrons. The lowest BCUT2D eigenvalue weighted by Gasteiger charge is -2.39. The molecule has 86 valence electrons. The number of nitrogens with one attached hydrogen (secondary N) is 1. The van der Waals surface area contributed by atoms with Gasteiger partial charge in [0.2, 0.25) is 0 Å². The van der Waals surface area contributed by atoms with Crippen molar-refractivity contribution in [2.45, 2.75) is 12.1 Å². The molecule has 2 atom stereocenters. The molecule has 4 nitrogen and oxygen atoms in total. The van der Waals surface area contributed by atoms with Crippen molar-refractivity contribution < 1.29 is 9.47 Å². The summed E-state index contributed by atoms with van der Waals surface area (Å²) in [6.07, 6.45) is 0. The van der Waals surface area contributed by atoms with E-state index in [0.717, 1.165) is 26.3 Å². The lowest BCUT2D eigenvalue weighted by Crippen LogP contribution is -2.58. The van der Waals surface area contributed by atoms with Crippen LogP contribution in [-0.2, 0) is 9.47 Å². The fourth-order valence-electron chi connectivity index (χ4n) is 1.74. The normalized spacial score (nSPS) is 28.5. The van der Waals surface area contributed by atoms with Crippen LogP contribution in [-0.4, -0.2) is 64.6 Å². The van der Waals surface area contributed by atoms with Crippen LogP contribution in [0.5, 0.6) is 0 Å². The van der Waals surface area contributed by atoms with Crippen LogP contribution in [0.4, 0.5) is 0 Å². The molecule has 1 saturated heterocycles. The second kappa shape index (κ2) is 7.43. The summed E-state index contributed by atoms with van der Waals surface area (Å²) in [4.78, 5) is 2.34. The summed E-state index contributed by atoms with van der Waals surface area (Å²) in [5, 5.41) is 3.38. The lowest BCUT2D eigenvalue weighted by molar-refractivity contribution is 0.0239. The van der Waals surface area contributed by atoms with Crippen LogP contribution in [0.15, 0.2) is 0 Å². The highest BCUT2D eigenvalue weighted by Gasteiger charge is 2.26. The lowest BCUT2D eigenvalue weighted by atomic mass is 10.1. The Balaban J connectivity index is 0.00000169. The number of ether oxygens (including phenoxy) is 2. The highest BCUT2D eigenvalue weighted by atomic mass is 35.5. The Bertz CT molecular complexity index is 131. The Kier molecular flexibility index (Phi) is 7.49. The van der Waals surface area contributed by atoms with E-state index in [0.29, 0.717) is 12.1 Å². The first-order valence-electron chi connectivity index (χ1n) is 4.70. The third-order valence-corrected chi connectivity index (χ3v) is 2.63. The maximum Gasteiger partial charge on any atom is 0.0630 e. The summed E-state index contributed by atoms with van der Waals surface area (Å²) in [6, 6.07) is 0.942. The van der Waals surface area contributed by atoms with Gasteiger partial charge in [-0.1, -0.05) is 0 Å². The Morgan fingerprint density at radius 3 is 1.93 bits per heavy atom. The van der Waals surface area contributed by atoms with Gasteiger partial charge in [0.15, 0.2) is 0 Å². The fraction of sp³-hybridized carbons (Fsp3) is 1.00. The van der Waals surface area contributed by atoms with Crippen molar-refractivity contribution >= 4 is 12.4 Å². The van der Waals surface area contributed by atoms with Crippen molar-refractivity contribution in [3.05, 3.63) is 0 Å². The van der Waals surface area contributed by atoms with Gasteiger partial charge in [0.25, 0.3) is 0 Å². The van der Waals surface area contributed by atoms with Crippen LogP contribution in [0.1, 0.15) is 0 Å². The van der Waals surface area contributed by atoms with Gasteiger partial charge in [0.05, 0.1) is 13.2 Å². The SMILES string of the molecule is COC[C@H]1CNC[C@H](COC)N1C.Cl. The van der Waals surface area contributed by atoms with E-state index in [1.807, 2.05) is 0 Å². The van der Waals surface area contributed by atoms with E-state index in [1.54, 1.807) is 14.2 Å². The van der Waals surface area contributed by atoms with Crippen molar-refractivity contribution in [3.63, 3.8) is 0 Å². The molecule has 1 N–H and O–H groups in total. The van der Waals surface area contributed by atoms with E-state index in [-0.39, 0.29) is 12.4 Å². The van der Waals surface area contributed by atoms with Gasteiger partial charge in [-0.25, -0.2) is 0 Å². The predicted molar refractivity (Wildman–Crippen MR) is 59.2 cm³/mol. The highest BCUT2D eigenvalue weighted by Crippen LogP contribution is 2.07. The smallest absolute Gasteiger partial charge is 0.0630 e. The third-order valence-electron chi connectivity index (χ3n) is 2.63. The Morgan fingerprint density at radius 2 is 1.57 bits per heavy atom. The van der Waals surface area contributed by atoms with E-state index in [1.165, 1.54) is 0 Å². The molecule has 0 aliphatic carbocycles. The molecule has 1 aliphatic rings. The van der Waals surface area contributed by atoms with Crippen molar-refractivity contribution in [1.82, 2.24) is 10.2 Å². The molecule has 5 heteroatoms. The maximum atomic E-state index is 5.16. The minimum absolute atomic E-state index is 0. The Hall–Kier alpha value is 0.130. The van der Waals surface area contributed by atoms with Gasteiger partial charge in [-0.05, 0) is 7.05 Å². The average Bonchev–Trinajstić information content (AvgIpc) is 2.13. The van der Waals surface area contributed by atoms with Crippen LogP contribution in [0.3, 0.4) is 0 Å². The topological polar surface area (TPSA) is 33.7 Å². The summed E-state index contributed by atoms with van der Waals surface area (Å²) < 4.78 is 10.3. The molecule has 14 heavy (non-hydrogen) atoms. The summed E-state index contributed by atoms with van der Waals surface area (Å²) in [5.74, 6) is 0. The van der Waals surface area contributed by atoms with Crippen LogP contribution in [0, 0.1) is 0 Å². The molecule has 1 heterocycles. The molecule has 0 saturated carbocycles. The number of likely N-dealkylation sites (N-methyl/N-ethyl adjacent to an activating group) is 1. The number of nitrogens with zero attached hydrogens (tertiary/aromatic N) is 1. The van der Waals surface area contributed by atoms with Crippen molar-refractivity contribution in [1.29, 1.82) is 0 Å². The van der Waals surface area contributed by atoms with Gasteiger partial charge in [-0.2, -0.15) is 0 Å². The monoisotopic (exact) mass is 224 g/mol. The number of rotatable bonds is 4. The van der Waals surface area contributed by atoms with Gasteiger partial charge in [-0.15, -0.1) is 12.4 Å². The molecule has 0 bridgehead atoms. The van der Waals surface area contributed by atoms with Gasteiger partial charge in [-0.3, -0.25) is 4.90 Å². The molecule has 1 rings (SSSR count). The summed E-state index contributed by atoms with van der Waals surface area (Å²) in [5.41, 5.74) is 0. The number of methoxy groups -OCH3 is 2. The average molecular weight is 225 g/mol. The number of piperazine rings is 1. The molecule has 0 aromatic heterocycles. The summed E-state index contributed by atoms with van der Waals surface area (Å²) in [6.45, 7) is 3.57. The minimum Gasteiger partial charge on any atom is -0.383 e. The standard InChI is InChI=1S/C9H20N2O2.ClH/c1-11-8(6-12-2)4-10-5-9(11)7-13-3;/h8-10H,4-7H2,1-3H3;1H/t8-,9-;/m1./s1. The zero-order valence-electron chi connectivity index (χ0n) is 9.16. The van der Waals surface area contributed by atoms with E-state index in [9.17, 15) is 0 Å². The van der Waals surface area contributed by atoms with E-state index in [4.69, 9.17) is 9.47 Å². The summed E-state index contributed by atoms with van der Waals surface area (Å²) in [7, 11) is 5.62. The molecule has 1 aliphatic heterocycles. The Morgan fingerprint density at radius 1 is 1.14 bits per heavy atom. The fourth-order valence-corrected chi connectivity index (χ4v) is 1.74. The second-order valence-electron chi connectivity index (χ2n) is 3.54. The Labute approximate surface area is 92.3 Å². The predicted octanol–water partition coefficient (Wildman–Crippen LogP) is -0.0268. The van der Waals surface area contributed by atoms with Crippen molar-refractivity contribution in [2.24, 2.45) is 0 Å². The minimum atomic E-state index is 0. The highest BCUT2D eigenvalue weighted by molar-refractivity contribution is 5.85. The van der Waals surface area contributed by atoms with Crippen LogP contribution < -0.4 is 5.32 Å². The van der Waals surface area contributed by atoms with E-state index >= 15 is 0 Å². The molecule has 0 amide bonds. The first-order valence-corrected chi connectivity index (χ1v) is 4.70. The van der Waals surface area contributed by atoms with Crippen LogP contribution in [0.2, 0.25) is 0 Å². The number of hydrogen-bond acceptors (Lipinski definition) is 4. The zero-order valence-corrected chi connectivity index (χ0v) is 9.97. The quantitative estimate of drug-likeness (QED) is 0.728. The molecule has 0 unspecified atom stereocenters. The first kappa shape index (κ1) is 14.1. The summed E-state index contributed by atoms with van der Waals surface area (Å²) >= 11 is 0. The van der Waals surface area contributed by atoms with Gasteiger partial charge in [0.1, 0.15) is 0 Å². The molecule has 1 fully saturated rings. The number of halogens is 1. The second-order valence-corrected chi connectivity index (χ2v) is 3.54. The zero-order chi connectivity index (χ0) is 9.68. The van der Waals surface area contributed by atoms with Gasteiger partial charge < -0.3 is 14.8 Å². The number of hydrogen-bond donors (Lipinski definition) is 1. The largest absolute Gasteiger partial charge is 0.383 e. The van der Waals surface area contributed by atoms with Gasteiger partial charge in [0, 0.05) is 39.4 Å². The van der Waals surface area contributed by atoms with Crippen LogP contribution in [0.25, 0.3) is 0 Å². The molecule has 0 spiro atoms.